The van der Waals surface area contributed by atoms with Gasteiger partial charge in [-0.25, -0.2) is 9.18 Å². The van der Waals surface area contributed by atoms with E-state index in [2.05, 4.69) is 0 Å². The predicted octanol–water partition coefficient (Wildman–Crippen LogP) is 2.80. The van der Waals surface area contributed by atoms with Crippen LogP contribution in [0.2, 0.25) is 0 Å². The first-order valence-electron chi connectivity index (χ1n) is 5.53. The molecule has 0 fully saturated rings. The second kappa shape index (κ2) is 3.98. The second-order valence-electron chi connectivity index (χ2n) is 4.10. The molecule has 5 heteroatoms. The fraction of sp³-hybridized carbons (Fsp3) is 0.0714. The first-order valence-corrected chi connectivity index (χ1v) is 5.53. The predicted molar refractivity (Wildman–Crippen MR) is 68.2 cm³/mol. The van der Waals surface area contributed by atoms with Gasteiger partial charge in [-0.1, -0.05) is 0 Å². The Morgan fingerprint density at radius 1 is 1.21 bits per heavy atom. The quantitative estimate of drug-likeness (QED) is 0.540. The summed E-state index contributed by atoms with van der Waals surface area (Å²) >= 11 is 0. The highest BCUT2D eigenvalue weighted by atomic mass is 19.1. The van der Waals surface area contributed by atoms with Crippen molar-refractivity contribution in [1.29, 1.82) is 0 Å². The van der Waals surface area contributed by atoms with Gasteiger partial charge in [0, 0.05) is 17.5 Å². The number of hydrogen-bond acceptors (Lipinski definition) is 4. The molecule has 0 aliphatic carbocycles. The highest BCUT2D eigenvalue weighted by Gasteiger charge is 2.13. The van der Waals surface area contributed by atoms with Crippen molar-refractivity contribution in [3.63, 3.8) is 0 Å². The van der Waals surface area contributed by atoms with E-state index in [0.717, 1.165) is 6.07 Å². The number of phenolic OH excluding ortho intramolecular Hbond substituents is 1. The van der Waals surface area contributed by atoms with Gasteiger partial charge < -0.3 is 14.3 Å². The first kappa shape index (κ1) is 11.5. The molecule has 1 aromatic heterocycles. The normalized spacial score (nSPS) is 11.1. The molecule has 0 radical (unpaired) electrons. The molecular weight excluding hydrogens is 251 g/mol. The van der Waals surface area contributed by atoms with Crippen LogP contribution in [0.4, 0.5) is 4.39 Å². The Kier molecular flexibility index (Phi) is 2.41. The minimum Gasteiger partial charge on any atom is -0.508 e. The number of halogens is 1. The van der Waals surface area contributed by atoms with Gasteiger partial charge in [-0.2, -0.15) is 0 Å². The summed E-state index contributed by atoms with van der Waals surface area (Å²) in [7, 11) is 1.47. The minimum atomic E-state index is -0.645. The first-order chi connectivity index (χ1) is 9.10. The molecule has 0 bridgehead atoms. The lowest BCUT2D eigenvalue weighted by molar-refractivity contribution is 0.415. The van der Waals surface area contributed by atoms with Gasteiger partial charge in [0.05, 0.1) is 17.9 Å². The molecule has 0 aliphatic heterocycles. The van der Waals surface area contributed by atoms with E-state index in [0.29, 0.717) is 11.1 Å². The van der Waals surface area contributed by atoms with Gasteiger partial charge in [-0.05, 0) is 18.2 Å². The number of benzene rings is 2. The summed E-state index contributed by atoms with van der Waals surface area (Å²) in [5.74, 6) is -0.451. The third kappa shape index (κ3) is 1.71. The number of aromatic hydroxyl groups is 1. The Morgan fingerprint density at radius 2 is 2.00 bits per heavy atom. The van der Waals surface area contributed by atoms with Crippen LogP contribution in [0, 0.1) is 5.82 Å². The Hall–Kier alpha value is -2.56. The van der Waals surface area contributed by atoms with Crippen molar-refractivity contribution in [3.05, 3.63) is 46.6 Å². The van der Waals surface area contributed by atoms with E-state index in [1.54, 1.807) is 12.1 Å². The average Bonchev–Trinajstić information content (AvgIpc) is 2.37. The fourth-order valence-electron chi connectivity index (χ4n) is 2.10. The van der Waals surface area contributed by atoms with Crippen molar-refractivity contribution in [2.24, 2.45) is 0 Å². The van der Waals surface area contributed by atoms with Crippen LogP contribution in [0.15, 0.2) is 39.5 Å². The number of phenols is 1. The SMILES string of the molecule is COc1ccc2c(c1)c(=O)oc1cc(O)cc(F)c12. The van der Waals surface area contributed by atoms with Crippen LogP contribution in [-0.2, 0) is 0 Å². The van der Waals surface area contributed by atoms with Crippen LogP contribution in [0.5, 0.6) is 11.5 Å². The van der Waals surface area contributed by atoms with Gasteiger partial charge in [-0.15, -0.1) is 0 Å². The van der Waals surface area contributed by atoms with E-state index >= 15 is 0 Å². The number of fused-ring (bicyclic) bond motifs is 3. The smallest absolute Gasteiger partial charge is 0.344 e. The molecule has 0 unspecified atom stereocenters. The molecule has 0 amide bonds. The van der Waals surface area contributed by atoms with Crippen molar-refractivity contribution in [2.75, 3.05) is 7.11 Å². The van der Waals surface area contributed by atoms with Crippen molar-refractivity contribution in [2.45, 2.75) is 0 Å². The van der Waals surface area contributed by atoms with Crippen molar-refractivity contribution >= 4 is 21.7 Å². The van der Waals surface area contributed by atoms with E-state index in [-0.39, 0.29) is 22.1 Å². The molecule has 1 N–H and O–H groups in total. The third-order valence-corrected chi connectivity index (χ3v) is 2.96. The Morgan fingerprint density at radius 3 is 2.74 bits per heavy atom. The lowest BCUT2D eigenvalue weighted by Crippen LogP contribution is -2.01. The largest absolute Gasteiger partial charge is 0.508 e. The molecule has 3 rings (SSSR count). The Balaban J connectivity index is 2.56. The zero-order chi connectivity index (χ0) is 13.6. The molecule has 0 atom stereocenters. The zero-order valence-electron chi connectivity index (χ0n) is 9.94. The van der Waals surface area contributed by atoms with Crippen LogP contribution in [0.25, 0.3) is 21.7 Å². The summed E-state index contributed by atoms with van der Waals surface area (Å²) in [6.07, 6.45) is 0. The summed E-state index contributed by atoms with van der Waals surface area (Å²) in [6, 6.07) is 6.91. The number of hydrogen-bond donors (Lipinski definition) is 1. The molecular formula is C14H9FO4. The molecule has 0 saturated carbocycles. The highest BCUT2D eigenvalue weighted by molar-refractivity contribution is 6.05. The van der Waals surface area contributed by atoms with Crippen molar-refractivity contribution in [1.82, 2.24) is 0 Å². The molecule has 0 aliphatic rings. The van der Waals surface area contributed by atoms with Crippen molar-refractivity contribution < 1.29 is 18.7 Å². The lowest BCUT2D eigenvalue weighted by Gasteiger charge is -2.06. The molecule has 4 nitrogen and oxygen atoms in total. The van der Waals surface area contributed by atoms with Gasteiger partial charge in [-0.3, -0.25) is 0 Å². The summed E-state index contributed by atoms with van der Waals surface area (Å²) in [5.41, 5.74) is -0.591. The fourth-order valence-corrected chi connectivity index (χ4v) is 2.10. The number of ether oxygens (including phenoxy) is 1. The lowest BCUT2D eigenvalue weighted by atomic mass is 10.1. The van der Waals surface area contributed by atoms with Gasteiger partial charge in [0.2, 0.25) is 0 Å². The molecule has 3 aromatic rings. The monoisotopic (exact) mass is 260 g/mol. The summed E-state index contributed by atoms with van der Waals surface area (Å²) < 4.78 is 24.0. The molecule has 0 spiro atoms. The zero-order valence-corrected chi connectivity index (χ0v) is 9.94. The minimum absolute atomic E-state index is 0.0140. The van der Waals surface area contributed by atoms with Crippen LogP contribution in [0.3, 0.4) is 0 Å². The van der Waals surface area contributed by atoms with Crippen LogP contribution in [0.1, 0.15) is 0 Å². The third-order valence-electron chi connectivity index (χ3n) is 2.96. The van der Waals surface area contributed by atoms with Crippen LogP contribution in [-0.4, -0.2) is 12.2 Å². The van der Waals surface area contributed by atoms with Gasteiger partial charge in [0.15, 0.2) is 0 Å². The molecule has 2 aromatic carbocycles. The summed E-state index contributed by atoms with van der Waals surface area (Å²) in [6.45, 7) is 0. The van der Waals surface area contributed by atoms with Crippen LogP contribution < -0.4 is 10.4 Å². The molecule has 0 saturated heterocycles. The van der Waals surface area contributed by atoms with Crippen LogP contribution >= 0.6 is 0 Å². The van der Waals surface area contributed by atoms with Gasteiger partial charge >= 0.3 is 5.63 Å². The summed E-state index contributed by atoms with van der Waals surface area (Å²) in [4.78, 5) is 11.9. The van der Waals surface area contributed by atoms with E-state index in [1.807, 2.05) is 0 Å². The topological polar surface area (TPSA) is 59.7 Å². The van der Waals surface area contributed by atoms with E-state index in [4.69, 9.17) is 9.15 Å². The summed E-state index contributed by atoms with van der Waals surface area (Å²) in [5, 5.41) is 10.1. The van der Waals surface area contributed by atoms with E-state index in [9.17, 15) is 14.3 Å². The molecule has 96 valence electrons. The second-order valence-corrected chi connectivity index (χ2v) is 4.10. The highest BCUT2D eigenvalue weighted by Crippen LogP contribution is 2.30. The van der Waals surface area contributed by atoms with E-state index in [1.165, 1.54) is 19.2 Å². The van der Waals surface area contributed by atoms with Gasteiger partial charge in [0.25, 0.3) is 0 Å². The maximum atomic E-state index is 13.9. The van der Waals surface area contributed by atoms with Gasteiger partial charge in [0.1, 0.15) is 22.9 Å². The maximum Gasteiger partial charge on any atom is 0.344 e. The Bertz CT molecular complexity index is 851. The van der Waals surface area contributed by atoms with Crippen molar-refractivity contribution in [3.8, 4) is 11.5 Å². The molecule has 19 heavy (non-hydrogen) atoms. The number of rotatable bonds is 1. The average molecular weight is 260 g/mol. The molecule has 1 heterocycles. The van der Waals surface area contributed by atoms with E-state index < -0.39 is 11.4 Å². The number of methoxy groups -OCH3 is 1. The standard InChI is InChI=1S/C14H9FO4/c1-18-8-2-3-9-10(6-8)14(17)19-12-5-7(16)4-11(15)13(9)12/h2-6,16H,1H3. The maximum absolute atomic E-state index is 13.9. The Labute approximate surface area is 106 Å².